The van der Waals surface area contributed by atoms with Crippen LogP contribution in [-0.4, -0.2) is 24.1 Å². The zero-order chi connectivity index (χ0) is 18.8. The number of urea groups is 1. The molecule has 0 aliphatic carbocycles. The maximum Gasteiger partial charge on any atom is 0.335 e. The van der Waals surface area contributed by atoms with Crippen molar-refractivity contribution in [2.24, 2.45) is 10.9 Å². The number of hydrogen-bond acceptors (Lipinski definition) is 4. The number of amides is 4. The fourth-order valence-corrected chi connectivity index (χ4v) is 3.02. The first-order valence-electron chi connectivity index (χ1n) is 7.61. The maximum atomic E-state index is 12.7. The van der Waals surface area contributed by atoms with Crippen LogP contribution in [0.3, 0.4) is 0 Å². The molecular weight excluding hydrogens is 377 g/mol. The SMILES string of the molecule is Cc1cccc(N2C(=O)NC(=O)[C@H](C=Nc3cc(Cl)cc(Cl)c3)C2=O)c1. The van der Waals surface area contributed by atoms with Gasteiger partial charge in [-0.25, -0.2) is 9.69 Å². The number of carbonyl (C=O) groups excluding carboxylic acids is 3. The average molecular weight is 390 g/mol. The lowest BCUT2D eigenvalue weighted by Crippen LogP contribution is -2.58. The third-order valence-electron chi connectivity index (χ3n) is 3.68. The molecule has 0 bridgehead atoms. The molecule has 4 amide bonds. The van der Waals surface area contributed by atoms with Crippen LogP contribution in [0.25, 0.3) is 0 Å². The lowest BCUT2D eigenvalue weighted by Gasteiger charge is -2.28. The molecule has 0 radical (unpaired) electrons. The second-order valence-corrected chi connectivity index (χ2v) is 6.56. The number of aliphatic imine (C=N–C) groups is 1. The Labute approximate surface area is 159 Å². The quantitative estimate of drug-likeness (QED) is 0.638. The first-order valence-corrected chi connectivity index (χ1v) is 8.36. The van der Waals surface area contributed by atoms with Crippen molar-refractivity contribution in [2.45, 2.75) is 6.92 Å². The van der Waals surface area contributed by atoms with Crippen LogP contribution in [0.15, 0.2) is 47.5 Å². The Balaban J connectivity index is 1.91. The number of aryl methyl sites for hydroxylation is 1. The lowest BCUT2D eigenvalue weighted by molar-refractivity contribution is -0.131. The molecule has 0 spiro atoms. The topological polar surface area (TPSA) is 78.8 Å². The van der Waals surface area contributed by atoms with E-state index in [1.165, 1.54) is 6.21 Å². The summed E-state index contributed by atoms with van der Waals surface area (Å²) < 4.78 is 0. The van der Waals surface area contributed by atoms with Gasteiger partial charge in [-0.1, -0.05) is 35.3 Å². The molecular formula is C18H13Cl2N3O3. The van der Waals surface area contributed by atoms with Gasteiger partial charge in [0.25, 0.3) is 5.91 Å². The Hall–Kier alpha value is -2.70. The van der Waals surface area contributed by atoms with E-state index in [4.69, 9.17) is 23.2 Å². The maximum absolute atomic E-state index is 12.7. The molecule has 1 N–H and O–H groups in total. The van der Waals surface area contributed by atoms with E-state index in [1.807, 2.05) is 13.0 Å². The van der Waals surface area contributed by atoms with Crippen LogP contribution in [0.1, 0.15) is 5.56 Å². The average Bonchev–Trinajstić information content (AvgIpc) is 2.53. The molecule has 26 heavy (non-hydrogen) atoms. The molecule has 6 nitrogen and oxygen atoms in total. The summed E-state index contributed by atoms with van der Waals surface area (Å²) in [6.07, 6.45) is 1.18. The highest BCUT2D eigenvalue weighted by Crippen LogP contribution is 2.25. The molecule has 1 saturated heterocycles. The van der Waals surface area contributed by atoms with Gasteiger partial charge in [0.15, 0.2) is 5.92 Å². The summed E-state index contributed by atoms with van der Waals surface area (Å²) in [4.78, 5) is 42.0. The summed E-state index contributed by atoms with van der Waals surface area (Å²) in [6.45, 7) is 1.84. The van der Waals surface area contributed by atoms with Crippen molar-refractivity contribution in [3.63, 3.8) is 0 Å². The van der Waals surface area contributed by atoms with Crippen LogP contribution < -0.4 is 10.2 Å². The fourth-order valence-electron chi connectivity index (χ4n) is 2.51. The van der Waals surface area contributed by atoms with Crippen molar-refractivity contribution in [3.8, 4) is 0 Å². The Morgan fingerprint density at radius 3 is 2.42 bits per heavy atom. The van der Waals surface area contributed by atoms with Gasteiger partial charge in [-0.2, -0.15) is 0 Å². The highest BCUT2D eigenvalue weighted by Gasteiger charge is 2.40. The molecule has 0 unspecified atom stereocenters. The van der Waals surface area contributed by atoms with E-state index >= 15 is 0 Å². The van der Waals surface area contributed by atoms with E-state index in [1.54, 1.807) is 36.4 Å². The molecule has 132 valence electrons. The number of carbonyl (C=O) groups is 3. The minimum absolute atomic E-state index is 0.376. The molecule has 3 rings (SSSR count). The van der Waals surface area contributed by atoms with E-state index in [-0.39, 0.29) is 0 Å². The van der Waals surface area contributed by atoms with Crippen LogP contribution in [0.2, 0.25) is 10.0 Å². The number of anilines is 1. The van der Waals surface area contributed by atoms with Crippen molar-refractivity contribution < 1.29 is 14.4 Å². The van der Waals surface area contributed by atoms with Gasteiger partial charge in [-0.3, -0.25) is 19.9 Å². The van der Waals surface area contributed by atoms with Gasteiger partial charge in [0.05, 0.1) is 11.4 Å². The number of rotatable bonds is 3. The van der Waals surface area contributed by atoms with Crippen LogP contribution in [0.4, 0.5) is 16.2 Å². The zero-order valence-corrected chi connectivity index (χ0v) is 15.1. The number of benzene rings is 2. The summed E-state index contributed by atoms with van der Waals surface area (Å²) in [7, 11) is 0. The highest BCUT2D eigenvalue weighted by molar-refractivity contribution is 6.35. The molecule has 2 aromatic rings. The van der Waals surface area contributed by atoms with Gasteiger partial charge in [-0.05, 0) is 42.8 Å². The number of imide groups is 2. The van der Waals surface area contributed by atoms with Gasteiger partial charge >= 0.3 is 6.03 Å². The Bertz CT molecular complexity index is 923. The summed E-state index contributed by atoms with van der Waals surface area (Å²) in [5.41, 5.74) is 1.64. The molecule has 2 aromatic carbocycles. The molecule has 1 atom stereocenters. The van der Waals surface area contributed by atoms with Crippen LogP contribution in [-0.2, 0) is 9.59 Å². The molecule has 1 aliphatic heterocycles. The summed E-state index contributed by atoms with van der Waals surface area (Å²) in [6, 6.07) is 10.7. The molecule has 0 aromatic heterocycles. The lowest BCUT2D eigenvalue weighted by atomic mass is 10.1. The predicted molar refractivity (Wildman–Crippen MR) is 100 cm³/mol. The van der Waals surface area contributed by atoms with Gasteiger partial charge in [-0.15, -0.1) is 0 Å². The van der Waals surface area contributed by atoms with Gasteiger partial charge in [0.2, 0.25) is 5.91 Å². The monoisotopic (exact) mass is 389 g/mol. The number of nitrogens with one attached hydrogen (secondary N) is 1. The highest BCUT2D eigenvalue weighted by atomic mass is 35.5. The Morgan fingerprint density at radius 2 is 1.77 bits per heavy atom. The van der Waals surface area contributed by atoms with E-state index < -0.39 is 23.8 Å². The normalized spacial score (nSPS) is 17.7. The van der Waals surface area contributed by atoms with Crippen LogP contribution in [0.5, 0.6) is 0 Å². The number of hydrogen-bond donors (Lipinski definition) is 1. The molecule has 1 heterocycles. The van der Waals surface area contributed by atoms with Crippen molar-refractivity contribution in [3.05, 3.63) is 58.1 Å². The number of halogens is 2. The first kappa shape index (κ1) is 18.1. The zero-order valence-electron chi connectivity index (χ0n) is 13.6. The minimum Gasteiger partial charge on any atom is -0.276 e. The molecule has 8 heteroatoms. The van der Waals surface area contributed by atoms with Crippen LogP contribution in [0, 0.1) is 12.8 Å². The molecule has 0 saturated carbocycles. The first-order chi connectivity index (χ1) is 12.3. The standard InChI is InChI=1S/C18H13Cl2N3O3/c1-10-3-2-4-14(5-10)23-17(25)15(16(24)22-18(23)26)9-21-13-7-11(19)6-12(20)8-13/h2-9,15H,1H3,(H,22,24,26)/t15-/m0/s1. The van der Waals surface area contributed by atoms with E-state index in [2.05, 4.69) is 10.3 Å². The largest absolute Gasteiger partial charge is 0.335 e. The van der Waals surface area contributed by atoms with Crippen LogP contribution >= 0.6 is 23.2 Å². The van der Waals surface area contributed by atoms with E-state index in [9.17, 15) is 14.4 Å². The fraction of sp³-hybridized carbons (Fsp3) is 0.111. The van der Waals surface area contributed by atoms with Gasteiger partial charge in [0.1, 0.15) is 0 Å². The molecule has 1 aliphatic rings. The van der Waals surface area contributed by atoms with Crippen molar-refractivity contribution in [1.29, 1.82) is 0 Å². The van der Waals surface area contributed by atoms with E-state index in [0.29, 0.717) is 21.4 Å². The summed E-state index contributed by atoms with van der Waals surface area (Å²) in [5.74, 6) is -2.66. The van der Waals surface area contributed by atoms with Crippen molar-refractivity contribution in [1.82, 2.24) is 5.32 Å². The second-order valence-electron chi connectivity index (χ2n) is 5.69. The second kappa shape index (κ2) is 7.27. The summed E-state index contributed by atoms with van der Waals surface area (Å²) >= 11 is 11.8. The summed E-state index contributed by atoms with van der Waals surface area (Å²) in [5, 5.41) is 2.92. The minimum atomic E-state index is -1.24. The molecule has 1 fully saturated rings. The number of nitrogens with zero attached hydrogens (tertiary/aromatic N) is 2. The van der Waals surface area contributed by atoms with Crippen molar-refractivity contribution in [2.75, 3.05) is 4.90 Å². The van der Waals surface area contributed by atoms with E-state index in [0.717, 1.165) is 10.5 Å². The number of barbiturate groups is 1. The van der Waals surface area contributed by atoms with Gasteiger partial charge < -0.3 is 0 Å². The van der Waals surface area contributed by atoms with Gasteiger partial charge in [0, 0.05) is 16.3 Å². The smallest absolute Gasteiger partial charge is 0.276 e. The third kappa shape index (κ3) is 3.76. The third-order valence-corrected chi connectivity index (χ3v) is 4.12. The van der Waals surface area contributed by atoms with Crippen molar-refractivity contribution >= 4 is 58.6 Å². The predicted octanol–water partition coefficient (Wildman–Crippen LogP) is 3.90. The Morgan fingerprint density at radius 1 is 1.08 bits per heavy atom. The Kier molecular flexibility index (Phi) is 5.06.